The van der Waals surface area contributed by atoms with Crippen molar-refractivity contribution < 1.29 is 14.6 Å². The van der Waals surface area contributed by atoms with E-state index in [9.17, 15) is 9.59 Å². The summed E-state index contributed by atoms with van der Waals surface area (Å²) in [5.41, 5.74) is 0.973. The molecular weight excluding hydrogens is 198 g/mol. The number of aromatic nitrogens is 1. The molecular formula is C10H11NO4. The van der Waals surface area contributed by atoms with Crippen LogP contribution in [0, 0.1) is 0 Å². The number of ether oxygens (including phenoxy) is 1. The molecule has 0 aromatic carbocycles. The molecule has 0 unspecified atom stereocenters. The third-order valence-electron chi connectivity index (χ3n) is 2.43. The fraction of sp³-hybridized carbons (Fsp3) is 0.400. The molecule has 15 heavy (non-hydrogen) atoms. The lowest BCUT2D eigenvalue weighted by atomic mass is 10.1. The predicted octanol–water partition coefficient (Wildman–Crippen LogP) is 0.536. The lowest BCUT2D eigenvalue weighted by Gasteiger charge is -2.07. The van der Waals surface area contributed by atoms with Crippen LogP contribution in [-0.2, 0) is 17.8 Å². The number of carbonyl (C=O) groups is 1. The highest BCUT2D eigenvalue weighted by atomic mass is 16.5. The fourth-order valence-electron chi connectivity index (χ4n) is 1.74. The molecule has 0 aliphatic carbocycles. The Labute approximate surface area is 85.7 Å². The van der Waals surface area contributed by atoms with Crippen LogP contribution in [0.5, 0.6) is 0 Å². The average molecular weight is 209 g/mol. The maximum atomic E-state index is 11.2. The monoisotopic (exact) mass is 209 g/mol. The van der Waals surface area contributed by atoms with Crippen molar-refractivity contribution in [1.29, 1.82) is 0 Å². The van der Waals surface area contributed by atoms with Gasteiger partial charge in [-0.1, -0.05) is 0 Å². The first-order valence-corrected chi connectivity index (χ1v) is 4.74. The first-order chi connectivity index (χ1) is 7.18. The van der Waals surface area contributed by atoms with Crippen LogP contribution >= 0.6 is 0 Å². The van der Waals surface area contributed by atoms with E-state index in [1.165, 1.54) is 0 Å². The molecule has 0 radical (unpaired) electrons. The maximum Gasteiger partial charge on any atom is 0.336 e. The molecule has 1 aromatic heterocycles. The van der Waals surface area contributed by atoms with Gasteiger partial charge in [-0.05, 0) is 12.8 Å². The Balaban J connectivity index is 2.59. The van der Waals surface area contributed by atoms with Crippen molar-refractivity contribution in [1.82, 2.24) is 4.98 Å². The van der Waals surface area contributed by atoms with Gasteiger partial charge in [0, 0.05) is 23.9 Å². The average Bonchev–Trinajstić information content (AvgIpc) is 2.41. The summed E-state index contributed by atoms with van der Waals surface area (Å²) in [5.74, 6) is -1.08. The Morgan fingerprint density at radius 2 is 2.33 bits per heavy atom. The van der Waals surface area contributed by atoms with E-state index in [0.29, 0.717) is 24.3 Å². The second kappa shape index (κ2) is 3.86. The molecule has 2 heterocycles. The number of carboxylic acids is 1. The van der Waals surface area contributed by atoms with E-state index in [1.54, 1.807) is 0 Å². The maximum absolute atomic E-state index is 11.2. The van der Waals surface area contributed by atoms with Crippen molar-refractivity contribution >= 4 is 5.97 Å². The predicted molar refractivity (Wildman–Crippen MR) is 52.0 cm³/mol. The SMILES string of the molecule is O=C(O)c1cc(=O)[nH]c2c1COCCC2. The van der Waals surface area contributed by atoms with Crippen LogP contribution < -0.4 is 5.56 Å². The van der Waals surface area contributed by atoms with Crippen LogP contribution in [0.25, 0.3) is 0 Å². The second-order valence-corrected chi connectivity index (χ2v) is 3.47. The van der Waals surface area contributed by atoms with Crippen molar-refractivity contribution in [2.75, 3.05) is 6.61 Å². The van der Waals surface area contributed by atoms with E-state index in [0.717, 1.165) is 12.5 Å². The number of pyridine rings is 1. The minimum absolute atomic E-state index is 0.0515. The van der Waals surface area contributed by atoms with E-state index in [-0.39, 0.29) is 17.7 Å². The molecule has 1 aliphatic rings. The zero-order valence-electron chi connectivity index (χ0n) is 8.08. The van der Waals surface area contributed by atoms with Gasteiger partial charge in [0.2, 0.25) is 5.56 Å². The van der Waals surface area contributed by atoms with Gasteiger partial charge in [0.1, 0.15) is 0 Å². The number of rotatable bonds is 1. The van der Waals surface area contributed by atoms with E-state index >= 15 is 0 Å². The fourth-order valence-corrected chi connectivity index (χ4v) is 1.74. The quantitative estimate of drug-likeness (QED) is 0.707. The van der Waals surface area contributed by atoms with E-state index in [4.69, 9.17) is 9.84 Å². The Morgan fingerprint density at radius 1 is 1.53 bits per heavy atom. The number of nitrogens with one attached hydrogen (secondary N) is 1. The second-order valence-electron chi connectivity index (χ2n) is 3.47. The molecule has 0 bridgehead atoms. The molecule has 80 valence electrons. The van der Waals surface area contributed by atoms with E-state index in [2.05, 4.69) is 4.98 Å². The van der Waals surface area contributed by atoms with Gasteiger partial charge in [0.15, 0.2) is 0 Å². The van der Waals surface area contributed by atoms with E-state index in [1.807, 2.05) is 0 Å². The zero-order chi connectivity index (χ0) is 10.8. The summed E-state index contributed by atoms with van der Waals surface area (Å²) < 4.78 is 5.27. The number of aromatic amines is 1. The third kappa shape index (κ3) is 1.92. The summed E-state index contributed by atoms with van der Waals surface area (Å²) >= 11 is 0. The smallest absolute Gasteiger partial charge is 0.336 e. The number of hydrogen-bond acceptors (Lipinski definition) is 3. The van der Waals surface area contributed by atoms with Crippen LogP contribution in [0.15, 0.2) is 10.9 Å². The van der Waals surface area contributed by atoms with Gasteiger partial charge in [-0.15, -0.1) is 0 Å². The number of aromatic carboxylic acids is 1. The molecule has 0 saturated carbocycles. The summed E-state index contributed by atoms with van der Waals surface area (Å²) in [4.78, 5) is 24.8. The lowest BCUT2D eigenvalue weighted by molar-refractivity contribution is 0.0688. The molecule has 0 saturated heterocycles. The van der Waals surface area contributed by atoms with Gasteiger partial charge in [-0.25, -0.2) is 4.79 Å². The Kier molecular flexibility index (Phi) is 2.55. The van der Waals surface area contributed by atoms with Crippen molar-refractivity contribution in [3.8, 4) is 0 Å². The van der Waals surface area contributed by atoms with Crippen LogP contribution in [0.4, 0.5) is 0 Å². The largest absolute Gasteiger partial charge is 0.478 e. The molecule has 5 nitrogen and oxygen atoms in total. The number of aryl methyl sites for hydroxylation is 1. The Bertz CT molecular complexity index is 449. The Hall–Kier alpha value is -1.62. The molecule has 5 heteroatoms. The number of H-pyrrole nitrogens is 1. The van der Waals surface area contributed by atoms with Crippen LogP contribution in [0.3, 0.4) is 0 Å². The molecule has 2 N–H and O–H groups in total. The van der Waals surface area contributed by atoms with Crippen molar-refractivity contribution in [2.45, 2.75) is 19.4 Å². The Morgan fingerprint density at radius 3 is 3.07 bits per heavy atom. The van der Waals surface area contributed by atoms with Gasteiger partial charge in [0.25, 0.3) is 0 Å². The highest BCUT2D eigenvalue weighted by molar-refractivity contribution is 5.89. The molecule has 0 spiro atoms. The summed E-state index contributed by atoms with van der Waals surface area (Å²) in [6.45, 7) is 0.851. The first-order valence-electron chi connectivity index (χ1n) is 4.74. The first kappa shape index (κ1) is 9.92. The molecule has 0 atom stereocenters. The summed E-state index contributed by atoms with van der Waals surface area (Å²) in [7, 11) is 0. The van der Waals surface area contributed by atoms with Crippen LogP contribution in [-0.4, -0.2) is 22.7 Å². The lowest BCUT2D eigenvalue weighted by Crippen LogP contribution is -2.16. The zero-order valence-corrected chi connectivity index (χ0v) is 8.08. The van der Waals surface area contributed by atoms with Gasteiger partial charge >= 0.3 is 5.97 Å². The standard InChI is InChI=1S/C10H11NO4/c12-9-4-6(10(13)14)7-5-15-3-1-2-8(7)11-9/h4H,1-3,5H2,(H,11,12)(H,13,14). The van der Waals surface area contributed by atoms with Crippen LogP contribution in [0.1, 0.15) is 28.0 Å². The van der Waals surface area contributed by atoms with Crippen molar-refractivity contribution in [3.05, 3.63) is 33.2 Å². The third-order valence-corrected chi connectivity index (χ3v) is 2.43. The van der Waals surface area contributed by atoms with Crippen molar-refractivity contribution in [3.63, 3.8) is 0 Å². The molecule has 2 rings (SSSR count). The summed E-state index contributed by atoms with van der Waals surface area (Å²) in [5, 5.41) is 8.95. The molecule has 0 amide bonds. The molecule has 0 fully saturated rings. The number of fused-ring (bicyclic) bond motifs is 1. The minimum Gasteiger partial charge on any atom is -0.478 e. The minimum atomic E-state index is -1.08. The summed E-state index contributed by atoms with van der Waals surface area (Å²) in [6.07, 6.45) is 1.46. The van der Waals surface area contributed by atoms with Gasteiger partial charge in [-0.3, -0.25) is 4.79 Å². The van der Waals surface area contributed by atoms with E-state index < -0.39 is 5.97 Å². The van der Waals surface area contributed by atoms with Crippen LogP contribution in [0.2, 0.25) is 0 Å². The normalized spacial score (nSPS) is 15.5. The molecule has 1 aliphatic heterocycles. The summed E-state index contributed by atoms with van der Waals surface area (Å²) in [6, 6.07) is 1.11. The van der Waals surface area contributed by atoms with Gasteiger partial charge in [-0.2, -0.15) is 0 Å². The topological polar surface area (TPSA) is 79.4 Å². The van der Waals surface area contributed by atoms with Crippen molar-refractivity contribution in [2.24, 2.45) is 0 Å². The number of carboxylic acid groups (broad SMARTS) is 1. The van der Waals surface area contributed by atoms with Gasteiger partial charge in [0.05, 0.1) is 12.2 Å². The number of hydrogen-bond donors (Lipinski definition) is 2. The van der Waals surface area contributed by atoms with Gasteiger partial charge < -0.3 is 14.8 Å². The highest BCUT2D eigenvalue weighted by Gasteiger charge is 2.17. The molecule has 1 aromatic rings. The highest BCUT2D eigenvalue weighted by Crippen LogP contribution is 2.17.